The van der Waals surface area contributed by atoms with Crippen LogP contribution in [0.2, 0.25) is 0 Å². The number of rotatable bonds is 3. The van der Waals surface area contributed by atoms with Gasteiger partial charge < -0.3 is 11.1 Å². The smallest absolute Gasteiger partial charge is 0.0280 e. The summed E-state index contributed by atoms with van der Waals surface area (Å²) in [4.78, 5) is 0. The molecule has 3 N–H and O–H groups in total. The Kier molecular flexibility index (Phi) is 1.72. The van der Waals surface area contributed by atoms with Gasteiger partial charge in [-0.3, -0.25) is 0 Å². The molecule has 0 aromatic rings. The van der Waals surface area contributed by atoms with E-state index in [2.05, 4.69) is 5.32 Å². The van der Waals surface area contributed by atoms with Gasteiger partial charge in [-0.25, -0.2) is 0 Å². The van der Waals surface area contributed by atoms with E-state index in [4.69, 9.17) is 5.73 Å². The number of fused-ring (bicyclic) bond motifs is 1. The summed E-state index contributed by atoms with van der Waals surface area (Å²) >= 11 is 0. The molecule has 0 spiro atoms. The van der Waals surface area contributed by atoms with Gasteiger partial charge >= 0.3 is 0 Å². The molecule has 0 aliphatic heterocycles. The summed E-state index contributed by atoms with van der Waals surface area (Å²) in [7, 11) is 0. The fourth-order valence-corrected chi connectivity index (χ4v) is 3.04. The van der Waals surface area contributed by atoms with Crippen molar-refractivity contribution in [2.45, 2.75) is 50.1 Å². The van der Waals surface area contributed by atoms with E-state index in [0.29, 0.717) is 0 Å². The molecule has 3 aliphatic rings. The SMILES string of the molecule is NC1(CNC2CC3CC3C2)CCC1. The Hall–Kier alpha value is -0.0800. The lowest BCUT2D eigenvalue weighted by Gasteiger charge is -2.39. The summed E-state index contributed by atoms with van der Waals surface area (Å²) in [6.45, 7) is 1.07. The Bertz CT molecular complexity index is 200. The zero-order chi connectivity index (χ0) is 8.89. The van der Waals surface area contributed by atoms with Gasteiger partial charge in [0.05, 0.1) is 0 Å². The van der Waals surface area contributed by atoms with Crippen molar-refractivity contribution in [3.8, 4) is 0 Å². The summed E-state index contributed by atoms with van der Waals surface area (Å²) < 4.78 is 0. The first-order valence-electron chi connectivity index (χ1n) is 5.77. The van der Waals surface area contributed by atoms with E-state index in [1.807, 2.05) is 0 Å². The molecule has 2 heteroatoms. The second-order valence-electron chi connectivity index (χ2n) is 5.52. The van der Waals surface area contributed by atoms with E-state index < -0.39 is 0 Å². The van der Waals surface area contributed by atoms with E-state index in [1.54, 1.807) is 0 Å². The molecule has 2 nitrogen and oxygen atoms in total. The topological polar surface area (TPSA) is 38.0 Å². The summed E-state index contributed by atoms with van der Waals surface area (Å²) in [5.41, 5.74) is 6.34. The van der Waals surface area contributed by atoms with Gasteiger partial charge in [-0.2, -0.15) is 0 Å². The minimum absolute atomic E-state index is 0.173. The second kappa shape index (κ2) is 2.71. The summed E-state index contributed by atoms with van der Waals surface area (Å²) in [5.74, 6) is 2.18. The maximum atomic E-state index is 6.16. The molecular formula is C11H20N2. The zero-order valence-corrected chi connectivity index (χ0v) is 8.26. The van der Waals surface area contributed by atoms with E-state index in [9.17, 15) is 0 Å². The largest absolute Gasteiger partial charge is 0.324 e. The van der Waals surface area contributed by atoms with Crippen molar-refractivity contribution >= 4 is 0 Å². The molecule has 0 aromatic carbocycles. The lowest BCUT2D eigenvalue weighted by Crippen LogP contribution is -2.55. The molecule has 0 saturated heterocycles. The third kappa shape index (κ3) is 1.50. The van der Waals surface area contributed by atoms with Gasteiger partial charge in [-0.1, -0.05) is 0 Å². The highest BCUT2D eigenvalue weighted by Gasteiger charge is 2.46. The molecule has 74 valence electrons. The number of nitrogens with one attached hydrogen (secondary N) is 1. The molecule has 2 unspecified atom stereocenters. The normalized spacial score (nSPS) is 45.5. The average Bonchev–Trinajstić information content (AvgIpc) is 2.68. The molecule has 0 aromatic heterocycles. The Labute approximate surface area is 80.3 Å². The number of nitrogens with two attached hydrogens (primary N) is 1. The molecule has 0 amide bonds. The molecule has 3 aliphatic carbocycles. The van der Waals surface area contributed by atoms with Gasteiger partial charge in [-0.05, 0) is 50.4 Å². The zero-order valence-electron chi connectivity index (χ0n) is 8.26. The Balaban J connectivity index is 1.43. The first-order chi connectivity index (χ1) is 6.25. The lowest BCUT2D eigenvalue weighted by molar-refractivity contribution is 0.228. The first kappa shape index (κ1) is 8.25. The third-order valence-corrected chi connectivity index (χ3v) is 4.34. The molecule has 3 rings (SSSR count). The van der Waals surface area contributed by atoms with Crippen molar-refractivity contribution < 1.29 is 0 Å². The van der Waals surface area contributed by atoms with Crippen LogP contribution in [-0.4, -0.2) is 18.1 Å². The highest BCUT2D eigenvalue weighted by molar-refractivity contribution is 5.01. The predicted molar refractivity (Wildman–Crippen MR) is 53.4 cm³/mol. The Morgan fingerprint density at radius 2 is 1.85 bits per heavy atom. The number of hydrogen-bond donors (Lipinski definition) is 2. The minimum atomic E-state index is 0.173. The minimum Gasteiger partial charge on any atom is -0.324 e. The van der Waals surface area contributed by atoms with Crippen molar-refractivity contribution in [3.05, 3.63) is 0 Å². The van der Waals surface area contributed by atoms with Crippen molar-refractivity contribution in [2.24, 2.45) is 17.6 Å². The monoisotopic (exact) mass is 180 g/mol. The van der Waals surface area contributed by atoms with Crippen molar-refractivity contribution in [1.82, 2.24) is 5.32 Å². The van der Waals surface area contributed by atoms with Crippen LogP contribution in [0.5, 0.6) is 0 Å². The van der Waals surface area contributed by atoms with Crippen LogP contribution in [0.1, 0.15) is 38.5 Å². The lowest BCUT2D eigenvalue weighted by atomic mass is 9.77. The highest BCUT2D eigenvalue weighted by atomic mass is 15.0. The van der Waals surface area contributed by atoms with Gasteiger partial charge in [0.2, 0.25) is 0 Å². The van der Waals surface area contributed by atoms with Crippen LogP contribution in [-0.2, 0) is 0 Å². The van der Waals surface area contributed by atoms with Crippen LogP contribution in [0.3, 0.4) is 0 Å². The molecule has 0 bridgehead atoms. The maximum absolute atomic E-state index is 6.16. The van der Waals surface area contributed by atoms with Crippen molar-refractivity contribution in [2.75, 3.05) is 6.54 Å². The molecule has 0 radical (unpaired) electrons. The molecule has 2 atom stereocenters. The quantitative estimate of drug-likeness (QED) is 0.686. The molecule has 3 saturated carbocycles. The maximum Gasteiger partial charge on any atom is 0.0280 e. The van der Waals surface area contributed by atoms with Gasteiger partial charge in [0.15, 0.2) is 0 Å². The highest BCUT2D eigenvalue weighted by Crippen LogP contribution is 2.51. The second-order valence-corrected chi connectivity index (χ2v) is 5.52. The molecule has 3 fully saturated rings. The summed E-state index contributed by atoms with van der Waals surface area (Å²) in [6.07, 6.45) is 8.20. The Morgan fingerprint density at radius 1 is 1.15 bits per heavy atom. The van der Waals surface area contributed by atoms with Crippen LogP contribution in [0, 0.1) is 11.8 Å². The van der Waals surface area contributed by atoms with Crippen molar-refractivity contribution in [3.63, 3.8) is 0 Å². The Morgan fingerprint density at radius 3 is 2.38 bits per heavy atom. The molecule has 13 heavy (non-hydrogen) atoms. The summed E-state index contributed by atoms with van der Waals surface area (Å²) in [5, 5.41) is 3.66. The van der Waals surface area contributed by atoms with Gasteiger partial charge in [0, 0.05) is 18.1 Å². The van der Waals surface area contributed by atoms with Gasteiger partial charge in [0.25, 0.3) is 0 Å². The van der Waals surface area contributed by atoms with Crippen LogP contribution in [0.15, 0.2) is 0 Å². The van der Waals surface area contributed by atoms with Crippen LogP contribution >= 0.6 is 0 Å². The van der Waals surface area contributed by atoms with Crippen LogP contribution in [0.4, 0.5) is 0 Å². The fraction of sp³-hybridized carbons (Fsp3) is 1.00. The van der Waals surface area contributed by atoms with E-state index in [1.165, 1.54) is 38.5 Å². The van der Waals surface area contributed by atoms with Crippen LogP contribution in [0.25, 0.3) is 0 Å². The van der Waals surface area contributed by atoms with Crippen molar-refractivity contribution in [1.29, 1.82) is 0 Å². The van der Waals surface area contributed by atoms with Crippen LogP contribution < -0.4 is 11.1 Å². The number of hydrogen-bond acceptors (Lipinski definition) is 2. The van der Waals surface area contributed by atoms with E-state index in [-0.39, 0.29) is 5.54 Å². The summed E-state index contributed by atoms with van der Waals surface area (Å²) in [6, 6.07) is 0.810. The fourth-order valence-electron chi connectivity index (χ4n) is 3.04. The first-order valence-corrected chi connectivity index (χ1v) is 5.77. The van der Waals surface area contributed by atoms with E-state index >= 15 is 0 Å². The van der Waals surface area contributed by atoms with Gasteiger partial charge in [-0.15, -0.1) is 0 Å². The van der Waals surface area contributed by atoms with E-state index in [0.717, 1.165) is 24.4 Å². The average molecular weight is 180 g/mol. The molecular weight excluding hydrogens is 160 g/mol. The predicted octanol–water partition coefficient (Wildman–Crippen LogP) is 1.26. The third-order valence-electron chi connectivity index (χ3n) is 4.34. The standard InChI is InChI=1S/C11H20N2/c12-11(2-1-3-11)7-13-10-5-8-4-9(8)6-10/h8-10,13H,1-7,12H2. The van der Waals surface area contributed by atoms with Gasteiger partial charge in [0.1, 0.15) is 0 Å². The molecule has 0 heterocycles.